The fourth-order valence-corrected chi connectivity index (χ4v) is 3.19. The molecule has 23 heavy (non-hydrogen) atoms. The number of rotatable bonds is 9. The highest BCUT2D eigenvalue weighted by Gasteiger charge is 2.40. The quantitative estimate of drug-likeness (QED) is 0.548. The largest absolute Gasteiger partial charge is 0.365 e. The highest BCUT2D eigenvalue weighted by Crippen LogP contribution is 2.40. The summed E-state index contributed by atoms with van der Waals surface area (Å²) in [5.74, 6) is 0.271. The van der Waals surface area contributed by atoms with Crippen molar-refractivity contribution in [3.05, 3.63) is 84.4 Å². The molecule has 0 aromatic heterocycles. The second-order valence-electron chi connectivity index (χ2n) is 5.75. The molecule has 1 atom stereocenters. The third kappa shape index (κ3) is 3.90. The Morgan fingerprint density at radius 3 is 2.00 bits per heavy atom. The molecule has 2 rings (SSSR count). The van der Waals surface area contributed by atoms with Gasteiger partial charge in [0.1, 0.15) is 5.60 Å². The van der Waals surface area contributed by atoms with Crippen molar-refractivity contribution in [3.63, 3.8) is 0 Å². The molecule has 0 saturated carbocycles. The molecule has 2 aromatic carbocycles. The second kappa shape index (κ2) is 8.66. The van der Waals surface area contributed by atoms with E-state index in [4.69, 9.17) is 4.74 Å². The Hall–Kier alpha value is -1.90. The lowest BCUT2D eigenvalue weighted by Gasteiger charge is -2.40. The standard InChI is InChI=1S/C21H27NO/c1-4-16-22-17-18(3)21(23-5-2,19-12-8-6-9-13-19)20-14-10-7-11-15-20/h4,6-15,18,22H,1,5,16-17H2,2-3H3. The molecule has 0 aliphatic rings. The first-order valence-electron chi connectivity index (χ1n) is 8.32. The van der Waals surface area contributed by atoms with Crippen LogP contribution in [0, 0.1) is 5.92 Å². The summed E-state index contributed by atoms with van der Waals surface area (Å²) in [5.41, 5.74) is 1.94. The Kier molecular flexibility index (Phi) is 6.57. The van der Waals surface area contributed by atoms with Crippen LogP contribution < -0.4 is 5.32 Å². The Morgan fingerprint density at radius 2 is 1.57 bits per heavy atom. The summed E-state index contributed by atoms with van der Waals surface area (Å²) in [6.45, 7) is 10.4. The van der Waals surface area contributed by atoms with Gasteiger partial charge in [-0.2, -0.15) is 0 Å². The first-order valence-corrected chi connectivity index (χ1v) is 8.32. The second-order valence-corrected chi connectivity index (χ2v) is 5.75. The van der Waals surface area contributed by atoms with E-state index in [0.29, 0.717) is 6.61 Å². The van der Waals surface area contributed by atoms with Crippen molar-refractivity contribution in [1.29, 1.82) is 0 Å². The molecule has 0 aliphatic carbocycles. The van der Waals surface area contributed by atoms with E-state index >= 15 is 0 Å². The molecule has 0 saturated heterocycles. The summed E-state index contributed by atoms with van der Waals surface area (Å²) < 4.78 is 6.43. The maximum atomic E-state index is 6.43. The zero-order chi connectivity index (χ0) is 16.5. The first kappa shape index (κ1) is 17.5. The van der Waals surface area contributed by atoms with Crippen LogP contribution in [-0.2, 0) is 10.3 Å². The number of ether oxygens (including phenoxy) is 1. The molecule has 2 aromatic rings. The predicted octanol–water partition coefficient (Wildman–Crippen LogP) is 4.38. The average Bonchev–Trinajstić information content (AvgIpc) is 2.61. The highest BCUT2D eigenvalue weighted by molar-refractivity contribution is 5.37. The van der Waals surface area contributed by atoms with E-state index in [1.807, 2.05) is 18.2 Å². The molecule has 0 spiro atoms. The summed E-state index contributed by atoms with van der Waals surface area (Å²) in [4.78, 5) is 0. The lowest BCUT2D eigenvalue weighted by Crippen LogP contribution is -2.43. The smallest absolute Gasteiger partial charge is 0.122 e. The summed E-state index contributed by atoms with van der Waals surface area (Å²) in [7, 11) is 0. The van der Waals surface area contributed by atoms with Crippen molar-refractivity contribution in [1.82, 2.24) is 5.32 Å². The van der Waals surface area contributed by atoms with Gasteiger partial charge in [0.15, 0.2) is 0 Å². The molecular weight excluding hydrogens is 282 g/mol. The number of hydrogen-bond acceptors (Lipinski definition) is 2. The molecule has 0 heterocycles. The van der Waals surface area contributed by atoms with Gasteiger partial charge in [-0.3, -0.25) is 0 Å². The van der Waals surface area contributed by atoms with Crippen LogP contribution in [0.15, 0.2) is 73.3 Å². The monoisotopic (exact) mass is 309 g/mol. The van der Waals surface area contributed by atoms with Crippen molar-refractivity contribution in [2.24, 2.45) is 5.92 Å². The van der Waals surface area contributed by atoms with Crippen molar-refractivity contribution < 1.29 is 4.74 Å². The summed E-state index contributed by atoms with van der Waals surface area (Å²) in [6.07, 6.45) is 1.89. The Balaban J connectivity index is 2.49. The zero-order valence-corrected chi connectivity index (χ0v) is 14.2. The zero-order valence-electron chi connectivity index (χ0n) is 14.2. The lowest BCUT2D eigenvalue weighted by molar-refractivity contribution is -0.0505. The molecule has 2 nitrogen and oxygen atoms in total. The van der Waals surface area contributed by atoms with Crippen LogP contribution >= 0.6 is 0 Å². The number of nitrogens with one attached hydrogen (secondary N) is 1. The maximum absolute atomic E-state index is 6.43. The summed E-state index contributed by atoms with van der Waals surface area (Å²) in [5, 5.41) is 3.44. The van der Waals surface area contributed by atoms with E-state index in [1.165, 1.54) is 11.1 Å². The Morgan fingerprint density at radius 1 is 1.04 bits per heavy atom. The van der Waals surface area contributed by atoms with Crippen molar-refractivity contribution >= 4 is 0 Å². The fourth-order valence-electron chi connectivity index (χ4n) is 3.19. The van der Waals surface area contributed by atoms with Gasteiger partial charge >= 0.3 is 0 Å². The average molecular weight is 309 g/mol. The van der Waals surface area contributed by atoms with E-state index in [1.54, 1.807) is 0 Å². The van der Waals surface area contributed by atoms with Gasteiger partial charge in [0.05, 0.1) is 0 Å². The maximum Gasteiger partial charge on any atom is 0.122 e. The third-order valence-corrected chi connectivity index (χ3v) is 4.21. The van der Waals surface area contributed by atoms with Gasteiger partial charge in [-0.1, -0.05) is 73.7 Å². The van der Waals surface area contributed by atoms with E-state index in [9.17, 15) is 0 Å². The molecule has 0 bridgehead atoms. The highest BCUT2D eigenvalue weighted by atomic mass is 16.5. The number of hydrogen-bond donors (Lipinski definition) is 1. The molecular formula is C21H27NO. The van der Waals surface area contributed by atoms with Crippen molar-refractivity contribution in [2.75, 3.05) is 19.7 Å². The number of benzene rings is 2. The molecule has 122 valence electrons. The minimum atomic E-state index is -0.453. The van der Waals surface area contributed by atoms with Gasteiger partial charge in [-0.25, -0.2) is 0 Å². The van der Waals surface area contributed by atoms with Crippen molar-refractivity contribution in [2.45, 2.75) is 19.4 Å². The van der Waals surface area contributed by atoms with Crippen LogP contribution in [0.5, 0.6) is 0 Å². The SMILES string of the molecule is C=CCNCC(C)C(OCC)(c1ccccc1)c1ccccc1. The van der Waals surface area contributed by atoms with Gasteiger partial charge in [0.25, 0.3) is 0 Å². The topological polar surface area (TPSA) is 21.3 Å². The third-order valence-electron chi connectivity index (χ3n) is 4.21. The molecule has 2 heteroatoms. The predicted molar refractivity (Wildman–Crippen MR) is 97.5 cm³/mol. The van der Waals surface area contributed by atoms with Gasteiger partial charge in [0, 0.05) is 25.6 Å². The van der Waals surface area contributed by atoms with E-state index in [0.717, 1.165) is 13.1 Å². The Bertz CT molecular complexity index is 540. The van der Waals surface area contributed by atoms with Crippen LogP contribution in [0.4, 0.5) is 0 Å². The molecule has 0 fully saturated rings. The van der Waals surface area contributed by atoms with Crippen LogP contribution in [0.1, 0.15) is 25.0 Å². The summed E-state index contributed by atoms with van der Waals surface area (Å²) >= 11 is 0. The molecule has 0 radical (unpaired) electrons. The van der Waals surface area contributed by atoms with Crippen molar-refractivity contribution in [3.8, 4) is 0 Å². The van der Waals surface area contributed by atoms with Crippen LogP contribution in [0.3, 0.4) is 0 Å². The first-order chi connectivity index (χ1) is 11.3. The van der Waals surface area contributed by atoms with E-state index in [2.05, 4.69) is 74.3 Å². The van der Waals surface area contributed by atoms with Gasteiger partial charge < -0.3 is 10.1 Å². The minimum Gasteiger partial charge on any atom is -0.365 e. The van der Waals surface area contributed by atoms with Gasteiger partial charge in [0.2, 0.25) is 0 Å². The normalized spacial score (nSPS) is 12.8. The van der Waals surface area contributed by atoms with Crippen LogP contribution in [0.25, 0.3) is 0 Å². The van der Waals surface area contributed by atoms with Crippen LogP contribution in [-0.4, -0.2) is 19.7 Å². The van der Waals surface area contributed by atoms with Crippen LogP contribution in [0.2, 0.25) is 0 Å². The van der Waals surface area contributed by atoms with E-state index < -0.39 is 5.60 Å². The van der Waals surface area contributed by atoms with Gasteiger partial charge in [-0.05, 0) is 18.1 Å². The minimum absolute atomic E-state index is 0.271. The lowest BCUT2D eigenvalue weighted by atomic mass is 9.76. The Labute approximate surface area is 140 Å². The summed E-state index contributed by atoms with van der Waals surface area (Å²) in [6, 6.07) is 21.0. The molecule has 0 aliphatic heterocycles. The van der Waals surface area contributed by atoms with E-state index in [-0.39, 0.29) is 5.92 Å². The molecule has 1 N–H and O–H groups in total. The molecule has 0 amide bonds. The van der Waals surface area contributed by atoms with Gasteiger partial charge in [-0.15, -0.1) is 6.58 Å². The molecule has 1 unspecified atom stereocenters. The fraction of sp³-hybridized carbons (Fsp3) is 0.333.